The molecule has 3 heteroatoms. The summed E-state index contributed by atoms with van der Waals surface area (Å²) < 4.78 is 5.11. The average molecular weight is 164 g/mol. The van der Waals surface area contributed by atoms with Crippen LogP contribution in [-0.2, 0) is 0 Å². The number of rotatable bonds is 2. The molecule has 1 rings (SSSR count). The van der Waals surface area contributed by atoms with Crippen LogP contribution in [0.4, 0.5) is 0 Å². The monoisotopic (exact) mass is 164 g/mol. The number of amidine groups is 1. The number of para-hydroxylation sites is 1. The number of nitrogens with zero attached hydrogens (tertiary/aromatic N) is 1. The van der Waals surface area contributed by atoms with Crippen molar-refractivity contribution < 1.29 is 4.74 Å². The molecule has 0 atom stereocenters. The van der Waals surface area contributed by atoms with Crippen LogP contribution < -0.4 is 10.5 Å². The van der Waals surface area contributed by atoms with E-state index in [1.54, 1.807) is 14.2 Å². The molecule has 0 aliphatic carbocycles. The maximum atomic E-state index is 5.64. The van der Waals surface area contributed by atoms with Crippen LogP contribution in [0.3, 0.4) is 0 Å². The highest BCUT2D eigenvalue weighted by Crippen LogP contribution is 2.16. The van der Waals surface area contributed by atoms with E-state index in [1.165, 1.54) is 0 Å². The normalized spacial score (nSPS) is 11.3. The fourth-order valence-electron chi connectivity index (χ4n) is 0.977. The van der Waals surface area contributed by atoms with Crippen LogP contribution in [0.25, 0.3) is 0 Å². The molecular weight excluding hydrogens is 152 g/mol. The molecule has 12 heavy (non-hydrogen) atoms. The lowest BCUT2D eigenvalue weighted by Gasteiger charge is -2.05. The molecule has 0 aliphatic rings. The molecule has 0 aromatic heterocycles. The van der Waals surface area contributed by atoms with Gasteiger partial charge in [0, 0.05) is 7.05 Å². The molecule has 3 nitrogen and oxygen atoms in total. The third-order valence-corrected chi connectivity index (χ3v) is 1.62. The van der Waals surface area contributed by atoms with Crippen molar-refractivity contribution in [3.8, 4) is 5.75 Å². The zero-order chi connectivity index (χ0) is 8.97. The highest BCUT2D eigenvalue weighted by Gasteiger charge is 2.03. The molecule has 0 heterocycles. The van der Waals surface area contributed by atoms with E-state index in [4.69, 9.17) is 10.5 Å². The van der Waals surface area contributed by atoms with Crippen LogP contribution in [0.15, 0.2) is 29.3 Å². The fourth-order valence-corrected chi connectivity index (χ4v) is 0.977. The smallest absolute Gasteiger partial charge is 0.129 e. The molecule has 0 aliphatic heterocycles. The summed E-state index contributed by atoms with van der Waals surface area (Å²) in [5.41, 5.74) is 6.48. The summed E-state index contributed by atoms with van der Waals surface area (Å²) in [6.45, 7) is 0. The minimum Gasteiger partial charge on any atom is -0.496 e. The SMILES string of the molecule is CN=C(N)c1ccccc1OC. The van der Waals surface area contributed by atoms with Gasteiger partial charge in [-0.05, 0) is 12.1 Å². The second kappa shape index (κ2) is 3.76. The number of aliphatic imine (C=N–C) groups is 1. The molecule has 1 aromatic rings. The quantitative estimate of drug-likeness (QED) is 0.524. The van der Waals surface area contributed by atoms with Gasteiger partial charge < -0.3 is 10.5 Å². The number of ether oxygens (including phenoxy) is 1. The largest absolute Gasteiger partial charge is 0.496 e. The summed E-state index contributed by atoms with van der Waals surface area (Å²) in [5, 5.41) is 0. The zero-order valence-electron chi connectivity index (χ0n) is 7.24. The first-order valence-electron chi connectivity index (χ1n) is 3.65. The minimum absolute atomic E-state index is 0.493. The highest BCUT2D eigenvalue weighted by atomic mass is 16.5. The van der Waals surface area contributed by atoms with Crippen molar-refractivity contribution in [1.82, 2.24) is 0 Å². The second-order valence-corrected chi connectivity index (χ2v) is 2.31. The third kappa shape index (κ3) is 1.56. The molecule has 0 amide bonds. The topological polar surface area (TPSA) is 47.6 Å². The number of hydrogen-bond acceptors (Lipinski definition) is 2. The second-order valence-electron chi connectivity index (χ2n) is 2.31. The van der Waals surface area contributed by atoms with Crippen LogP contribution in [-0.4, -0.2) is 20.0 Å². The molecule has 0 saturated carbocycles. The average Bonchev–Trinajstić information content (AvgIpc) is 2.16. The number of nitrogens with two attached hydrogens (primary N) is 1. The highest BCUT2D eigenvalue weighted by molar-refractivity contribution is 5.99. The summed E-state index contributed by atoms with van der Waals surface area (Å²) in [5.74, 6) is 1.24. The van der Waals surface area contributed by atoms with E-state index in [0.717, 1.165) is 11.3 Å². The maximum absolute atomic E-state index is 5.64. The Kier molecular flexibility index (Phi) is 2.69. The van der Waals surface area contributed by atoms with E-state index in [9.17, 15) is 0 Å². The Morgan fingerprint density at radius 2 is 2.08 bits per heavy atom. The Morgan fingerprint density at radius 3 is 2.67 bits per heavy atom. The van der Waals surface area contributed by atoms with Gasteiger partial charge in [-0.15, -0.1) is 0 Å². The fraction of sp³-hybridized carbons (Fsp3) is 0.222. The molecule has 0 fully saturated rings. The number of benzene rings is 1. The van der Waals surface area contributed by atoms with Crippen molar-refractivity contribution in [3.63, 3.8) is 0 Å². The van der Waals surface area contributed by atoms with Gasteiger partial charge >= 0.3 is 0 Å². The van der Waals surface area contributed by atoms with Gasteiger partial charge in [0.25, 0.3) is 0 Å². The summed E-state index contributed by atoms with van der Waals surface area (Å²) >= 11 is 0. The summed E-state index contributed by atoms with van der Waals surface area (Å²) in [7, 11) is 3.27. The number of hydrogen-bond donors (Lipinski definition) is 1. The van der Waals surface area contributed by atoms with E-state index in [0.29, 0.717) is 5.84 Å². The van der Waals surface area contributed by atoms with Gasteiger partial charge in [0.1, 0.15) is 11.6 Å². The molecule has 0 bridgehead atoms. The lowest BCUT2D eigenvalue weighted by atomic mass is 10.2. The van der Waals surface area contributed by atoms with E-state index in [-0.39, 0.29) is 0 Å². The van der Waals surface area contributed by atoms with Gasteiger partial charge in [-0.3, -0.25) is 4.99 Å². The van der Waals surface area contributed by atoms with Crippen LogP contribution in [0, 0.1) is 0 Å². The maximum Gasteiger partial charge on any atom is 0.129 e. The van der Waals surface area contributed by atoms with E-state index >= 15 is 0 Å². The van der Waals surface area contributed by atoms with Gasteiger partial charge in [-0.25, -0.2) is 0 Å². The Balaban J connectivity index is 3.13. The van der Waals surface area contributed by atoms with Crippen molar-refractivity contribution in [2.45, 2.75) is 0 Å². The van der Waals surface area contributed by atoms with E-state index in [2.05, 4.69) is 4.99 Å². The zero-order valence-corrected chi connectivity index (χ0v) is 7.24. The minimum atomic E-state index is 0.493. The molecular formula is C9H12N2O. The van der Waals surface area contributed by atoms with Crippen molar-refractivity contribution in [2.75, 3.05) is 14.2 Å². The molecule has 2 N–H and O–H groups in total. The molecule has 64 valence electrons. The standard InChI is InChI=1S/C9H12N2O/c1-11-9(10)7-5-3-4-6-8(7)12-2/h3-6H,1-2H3,(H2,10,11). The Bertz CT molecular complexity index is 294. The first-order chi connectivity index (χ1) is 5.79. The lowest BCUT2D eigenvalue weighted by molar-refractivity contribution is 0.414. The van der Waals surface area contributed by atoms with Crippen molar-refractivity contribution in [1.29, 1.82) is 0 Å². The van der Waals surface area contributed by atoms with Gasteiger partial charge in [0.15, 0.2) is 0 Å². The van der Waals surface area contributed by atoms with Crippen LogP contribution in [0.5, 0.6) is 5.75 Å². The molecule has 0 unspecified atom stereocenters. The van der Waals surface area contributed by atoms with Crippen LogP contribution in [0.1, 0.15) is 5.56 Å². The van der Waals surface area contributed by atoms with Gasteiger partial charge in [-0.1, -0.05) is 12.1 Å². The summed E-state index contributed by atoms with van der Waals surface area (Å²) in [6.07, 6.45) is 0. The van der Waals surface area contributed by atoms with E-state index < -0.39 is 0 Å². The summed E-state index contributed by atoms with van der Waals surface area (Å²) in [4.78, 5) is 3.88. The molecule has 0 spiro atoms. The van der Waals surface area contributed by atoms with Crippen LogP contribution >= 0.6 is 0 Å². The van der Waals surface area contributed by atoms with Crippen molar-refractivity contribution in [2.24, 2.45) is 10.7 Å². The summed E-state index contributed by atoms with van der Waals surface area (Å²) in [6, 6.07) is 7.52. The first kappa shape index (κ1) is 8.59. The predicted molar refractivity (Wildman–Crippen MR) is 49.6 cm³/mol. The molecule has 1 aromatic carbocycles. The number of methoxy groups -OCH3 is 1. The van der Waals surface area contributed by atoms with Crippen LogP contribution in [0.2, 0.25) is 0 Å². The van der Waals surface area contributed by atoms with Crippen molar-refractivity contribution >= 4 is 5.84 Å². The van der Waals surface area contributed by atoms with Gasteiger partial charge in [0.05, 0.1) is 12.7 Å². The van der Waals surface area contributed by atoms with E-state index in [1.807, 2.05) is 24.3 Å². The molecule has 0 saturated heterocycles. The van der Waals surface area contributed by atoms with Crippen molar-refractivity contribution in [3.05, 3.63) is 29.8 Å². The molecule has 0 radical (unpaired) electrons. The third-order valence-electron chi connectivity index (χ3n) is 1.62. The Labute approximate surface area is 71.9 Å². The lowest BCUT2D eigenvalue weighted by Crippen LogP contribution is -2.13. The Hall–Kier alpha value is -1.51. The first-order valence-corrected chi connectivity index (χ1v) is 3.65. The van der Waals surface area contributed by atoms with Gasteiger partial charge in [0.2, 0.25) is 0 Å². The predicted octanol–water partition coefficient (Wildman–Crippen LogP) is 1.03. The van der Waals surface area contributed by atoms with Gasteiger partial charge in [-0.2, -0.15) is 0 Å². The Morgan fingerprint density at radius 1 is 1.42 bits per heavy atom.